The van der Waals surface area contributed by atoms with E-state index in [0.29, 0.717) is 18.3 Å². The molecule has 0 N–H and O–H groups in total. The largest absolute Gasteiger partial charge is 0.383 e. The first kappa shape index (κ1) is 24.4. The second-order valence-corrected chi connectivity index (χ2v) is 10.6. The zero-order valence-corrected chi connectivity index (χ0v) is 20.4. The van der Waals surface area contributed by atoms with Gasteiger partial charge in [-0.25, -0.2) is 0 Å². The Morgan fingerprint density at radius 3 is 1.82 bits per heavy atom. The molecule has 2 fully saturated rings. The second kappa shape index (κ2) is 11.1. The van der Waals surface area contributed by atoms with Gasteiger partial charge < -0.3 is 4.74 Å². The van der Waals surface area contributed by atoms with Gasteiger partial charge >= 0.3 is 6.11 Å². The fourth-order valence-corrected chi connectivity index (χ4v) is 5.78. The van der Waals surface area contributed by atoms with Crippen LogP contribution in [0.1, 0.15) is 106 Å². The summed E-state index contributed by atoms with van der Waals surface area (Å²) in [6, 6.07) is 15.4. The third kappa shape index (κ3) is 6.44. The van der Waals surface area contributed by atoms with Crippen molar-refractivity contribution in [1.29, 1.82) is 0 Å². The van der Waals surface area contributed by atoms with Crippen molar-refractivity contribution in [2.75, 3.05) is 6.61 Å². The highest BCUT2D eigenvalue weighted by molar-refractivity contribution is 5.28. The summed E-state index contributed by atoms with van der Waals surface area (Å²) in [5.41, 5.74) is 3.59. The molecular formula is C30H40F2O. The third-order valence-corrected chi connectivity index (χ3v) is 8.28. The van der Waals surface area contributed by atoms with Crippen LogP contribution in [0.15, 0.2) is 48.5 Å². The molecule has 3 heteroatoms. The van der Waals surface area contributed by atoms with Crippen LogP contribution in [-0.4, -0.2) is 6.61 Å². The van der Waals surface area contributed by atoms with Gasteiger partial charge in [0.25, 0.3) is 0 Å². The number of rotatable bonds is 8. The van der Waals surface area contributed by atoms with E-state index in [-0.39, 0.29) is 12.2 Å². The molecule has 2 aliphatic carbocycles. The highest BCUT2D eigenvalue weighted by Gasteiger charge is 2.33. The fraction of sp³-hybridized carbons (Fsp3) is 0.600. The van der Waals surface area contributed by atoms with Gasteiger partial charge in [-0.3, -0.25) is 0 Å². The van der Waals surface area contributed by atoms with E-state index in [1.807, 2.05) is 12.1 Å². The summed E-state index contributed by atoms with van der Waals surface area (Å²) in [6.45, 7) is 4.60. The van der Waals surface area contributed by atoms with Gasteiger partial charge in [0.2, 0.25) is 0 Å². The van der Waals surface area contributed by atoms with Gasteiger partial charge in [0.05, 0.1) is 12.2 Å². The third-order valence-electron chi connectivity index (χ3n) is 8.28. The molecule has 4 rings (SSSR count). The number of halogens is 2. The minimum absolute atomic E-state index is 0.0101. The lowest BCUT2D eigenvalue weighted by molar-refractivity contribution is -0.248. The van der Waals surface area contributed by atoms with Crippen LogP contribution in [-0.2, 0) is 17.3 Å². The summed E-state index contributed by atoms with van der Waals surface area (Å²) in [5.74, 6) is 2.85. The van der Waals surface area contributed by atoms with Crippen molar-refractivity contribution in [3.8, 4) is 0 Å². The van der Waals surface area contributed by atoms with E-state index in [4.69, 9.17) is 4.74 Å². The molecule has 180 valence electrons. The van der Waals surface area contributed by atoms with Crippen molar-refractivity contribution in [1.82, 2.24) is 0 Å². The van der Waals surface area contributed by atoms with Gasteiger partial charge in [-0.2, -0.15) is 8.78 Å². The standard InChI is InChI=1S/C30H40F2O/c1-3-23-6-12-26(13-7-23)27-14-8-24(9-15-27)20-21-33-30(31,32)29-18-16-28(17-19-29)25-10-4-22(2)5-11-25/h8-9,14-19,22-23,25-26H,3-7,10-13,20-21H2,1-2H3/t22-,23-,25-,26-. The molecule has 2 aromatic carbocycles. The van der Waals surface area contributed by atoms with Gasteiger partial charge in [0.1, 0.15) is 0 Å². The Labute approximate surface area is 198 Å². The SMILES string of the molecule is CC[C@H]1CC[C@H](c2ccc(CCOC(F)(F)c3ccc([C@H]4CC[C@H](C)CC4)cc3)cc2)CC1. The molecule has 2 aromatic rings. The van der Waals surface area contributed by atoms with Crippen LogP contribution >= 0.6 is 0 Å². The van der Waals surface area contributed by atoms with Gasteiger partial charge in [0, 0.05) is 0 Å². The van der Waals surface area contributed by atoms with Gasteiger partial charge in [0.15, 0.2) is 0 Å². The number of hydrogen-bond donors (Lipinski definition) is 0. The first-order chi connectivity index (χ1) is 15.9. The number of benzene rings is 2. The zero-order valence-electron chi connectivity index (χ0n) is 20.4. The summed E-state index contributed by atoms with van der Waals surface area (Å²) in [7, 11) is 0. The monoisotopic (exact) mass is 454 g/mol. The molecule has 0 spiro atoms. The molecule has 0 aliphatic heterocycles. The average Bonchev–Trinajstić information content (AvgIpc) is 2.85. The van der Waals surface area contributed by atoms with E-state index < -0.39 is 6.11 Å². The minimum Gasteiger partial charge on any atom is -0.316 e. The summed E-state index contributed by atoms with van der Waals surface area (Å²) < 4.78 is 34.3. The highest BCUT2D eigenvalue weighted by Crippen LogP contribution is 2.38. The van der Waals surface area contributed by atoms with Crippen molar-refractivity contribution >= 4 is 0 Å². The molecule has 2 aliphatic rings. The highest BCUT2D eigenvalue weighted by atomic mass is 19.3. The van der Waals surface area contributed by atoms with E-state index in [2.05, 4.69) is 38.1 Å². The molecule has 0 heterocycles. The van der Waals surface area contributed by atoms with Gasteiger partial charge in [-0.1, -0.05) is 81.6 Å². The first-order valence-corrected chi connectivity index (χ1v) is 13.2. The topological polar surface area (TPSA) is 9.23 Å². The van der Waals surface area contributed by atoms with E-state index in [1.165, 1.54) is 56.1 Å². The van der Waals surface area contributed by atoms with Crippen molar-refractivity contribution in [2.45, 2.75) is 96.0 Å². The van der Waals surface area contributed by atoms with Crippen molar-refractivity contribution in [3.63, 3.8) is 0 Å². The van der Waals surface area contributed by atoms with Crippen molar-refractivity contribution in [2.24, 2.45) is 11.8 Å². The average molecular weight is 455 g/mol. The Balaban J connectivity index is 1.25. The lowest BCUT2D eigenvalue weighted by Gasteiger charge is -2.28. The lowest BCUT2D eigenvalue weighted by Crippen LogP contribution is -2.20. The molecule has 0 unspecified atom stereocenters. The fourth-order valence-electron chi connectivity index (χ4n) is 5.78. The summed E-state index contributed by atoms with van der Waals surface area (Å²) in [6.07, 6.45) is 8.50. The maximum Gasteiger partial charge on any atom is 0.383 e. The summed E-state index contributed by atoms with van der Waals surface area (Å²) >= 11 is 0. The zero-order chi connectivity index (χ0) is 23.3. The molecule has 33 heavy (non-hydrogen) atoms. The van der Waals surface area contributed by atoms with Gasteiger partial charge in [-0.15, -0.1) is 0 Å². The minimum atomic E-state index is -3.25. The molecule has 0 saturated heterocycles. The number of hydrogen-bond acceptors (Lipinski definition) is 1. The number of ether oxygens (including phenoxy) is 1. The Hall–Kier alpha value is -1.74. The second-order valence-electron chi connectivity index (χ2n) is 10.6. The van der Waals surface area contributed by atoms with Crippen LogP contribution in [0.5, 0.6) is 0 Å². The quantitative estimate of drug-likeness (QED) is 0.387. The molecule has 0 aromatic heterocycles. The predicted molar refractivity (Wildman–Crippen MR) is 132 cm³/mol. The lowest BCUT2D eigenvalue weighted by atomic mass is 9.78. The molecule has 2 saturated carbocycles. The van der Waals surface area contributed by atoms with E-state index in [9.17, 15) is 8.78 Å². The van der Waals surface area contributed by atoms with E-state index in [0.717, 1.165) is 30.2 Å². The Bertz CT molecular complexity index is 842. The normalized spacial score (nSPS) is 26.3. The number of alkyl halides is 2. The smallest absolute Gasteiger partial charge is 0.316 e. The van der Waals surface area contributed by atoms with Crippen LogP contribution in [0, 0.1) is 11.8 Å². The molecular weight excluding hydrogens is 414 g/mol. The predicted octanol–water partition coefficient (Wildman–Crippen LogP) is 8.97. The molecule has 0 amide bonds. The van der Waals surface area contributed by atoms with Crippen LogP contribution in [0.25, 0.3) is 0 Å². The molecule has 0 atom stereocenters. The van der Waals surface area contributed by atoms with E-state index in [1.54, 1.807) is 12.1 Å². The van der Waals surface area contributed by atoms with Crippen LogP contribution < -0.4 is 0 Å². The Kier molecular flexibility index (Phi) is 8.22. The van der Waals surface area contributed by atoms with Crippen LogP contribution in [0.3, 0.4) is 0 Å². The summed E-state index contributed by atoms with van der Waals surface area (Å²) in [4.78, 5) is 0. The van der Waals surface area contributed by atoms with Crippen molar-refractivity contribution < 1.29 is 13.5 Å². The molecule has 0 radical (unpaired) electrons. The maximum atomic E-state index is 14.6. The van der Waals surface area contributed by atoms with Crippen LogP contribution in [0.4, 0.5) is 8.78 Å². The van der Waals surface area contributed by atoms with E-state index >= 15 is 0 Å². The van der Waals surface area contributed by atoms with Gasteiger partial charge in [-0.05, 0) is 85.3 Å². The summed E-state index contributed by atoms with van der Waals surface area (Å²) in [5, 5.41) is 0. The molecule has 1 nitrogen and oxygen atoms in total. The van der Waals surface area contributed by atoms with Crippen LogP contribution in [0.2, 0.25) is 0 Å². The Morgan fingerprint density at radius 1 is 0.758 bits per heavy atom. The van der Waals surface area contributed by atoms with Crippen molar-refractivity contribution in [3.05, 3.63) is 70.8 Å². The Morgan fingerprint density at radius 2 is 1.27 bits per heavy atom. The first-order valence-electron chi connectivity index (χ1n) is 13.2. The molecule has 0 bridgehead atoms. The maximum absolute atomic E-state index is 14.6.